The number of amides is 1. The smallest absolute Gasteiger partial charge is 0.248 e. The van der Waals surface area contributed by atoms with E-state index in [1.165, 1.54) is 11.1 Å². The second kappa shape index (κ2) is 6.03. The van der Waals surface area contributed by atoms with Crippen LogP contribution in [0.15, 0.2) is 41.8 Å². The summed E-state index contributed by atoms with van der Waals surface area (Å²) in [6.45, 7) is 1.91. The topological polar surface area (TPSA) is 41.1 Å². The van der Waals surface area contributed by atoms with Crippen LogP contribution in [0.5, 0.6) is 0 Å². The largest absolute Gasteiger partial charge is 0.323 e. The lowest BCUT2D eigenvalue weighted by atomic mass is 10.0. The summed E-state index contributed by atoms with van der Waals surface area (Å²) in [6, 6.07) is 10.1. The van der Waals surface area contributed by atoms with Gasteiger partial charge in [-0.1, -0.05) is 12.1 Å². The summed E-state index contributed by atoms with van der Waals surface area (Å²) in [6.07, 6.45) is 4.46. The maximum absolute atomic E-state index is 11.9. The second-order valence-electron chi connectivity index (χ2n) is 4.75. The predicted octanol–water partition coefficient (Wildman–Crippen LogP) is 3.05. The number of carbonyl (C=O) groups excluding carboxylic acids is 1. The highest BCUT2D eigenvalue weighted by Gasteiger charge is 2.09. The molecule has 4 heteroatoms. The van der Waals surface area contributed by atoms with Gasteiger partial charge in [0.1, 0.15) is 0 Å². The lowest BCUT2D eigenvalue weighted by Gasteiger charge is -2.17. The summed E-state index contributed by atoms with van der Waals surface area (Å²) >= 11 is 1.61. The Balaban J connectivity index is 1.67. The van der Waals surface area contributed by atoms with Crippen molar-refractivity contribution in [1.29, 1.82) is 0 Å². The van der Waals surface area contributed by atoms with Crippen molar-refractivity contribution in [3.63, 3.8) is 0 Å². The Bertz CT molecular complexity index is 632. The van der Waals surface area contributed by atoms with Crippen LogP contribution in [-0.2, 0) is 17.8 Å². The SMILES string of the molecule is O=C(C=Cc1cccs1)Nc1ccc2c(c1)CNCC2. The van der Waals surface area contributed by atoms with E-state index in [1.807, 2.05) is 29.7 Å². The molecule has 0 atom stereocenters. The van der Waals surface area contributed by atoms with E-state index in [0.717, 1.165) is 30.1 Å². The Morgan fingerprint density at radius 3 is 3.10 bits per heavy atom. The zero-order valence-corrected chi connectivity index (χ0v) is 11.9. The molecule has 3 nitrogen and oxygen atoms in total. The molecule has 0 unspecified atom stereocenters. The van der Waals surface area contributed by atoms with Gasteiger partial charge >= 0.3 is 0 Å². The first-order valence-electron chi connectivity index (χ1n) is 6.66. The monoisotopic (exact) mass is 284 g/mol. The normalized spacial score (nSPS) is 14.2. The van der Waals surface area contributed by atoms with Gasteiger partial charge in [0.15, 0.2) is 0 Å². The van der Waals surface area contributed by atoms with Crippen LogP contribution in [0.1, 0.15) is 16.0 Å². The molecule has 1 aromatic carbocycles. The van der Waals surface area contributed by atoms with Crippen LogP contribution in [0.4, 0.5) is 5.69 Å². The Morgan fingerprint density at radius 1 is 1.30 bits per heavy atom. The van der Waals surface area contributed by atoms with Gasteiger partial charge in [0.05, 0.1) is 0 Å². The third-order valence-corrected chi connectivity index (χ3v) is 4.14. The van der Waals surface area contributed by atoms with Crippen molar-refractivity contribution in [2.75, 3.05) is 11.9 Å². The molecule has 2 heterocycles. The van der Waals surface area contributed by atoms with Gasteiger partial charge in [-0.3, -0.25) is 4.79 Å². The maximum Gasteiger partial charge on any atom is 0.248 e. The van der Waals surface area contributed by atoms with Gasteiger partial charge in [-0.05, 0) is 53.7 Å². The van der Waals surface area contributed by atoms with E-state index in [-0.39, 0.29) is 5.91 Å². The molecule has 102 valence electrons. The molecule has 1 aliphatic rings. The molecule has 0 aliphatic carbocycles. The summed E-state index contributed by atoms with van der Waals surface area (Å²) in [4.78, 5) is 12.9. The van der Waals surface area contributed by atoms with Gasteiger partial charge in [0, 0.05) is 23.2 Å². The van der Waals surface area contributed by atoms with Crippen LogP contribution >= 0.6 is 11.3 Å². The molecule has 0 bridgehead atoms. The fraction of sp³-hybridized carbons (Fsp3) is 0.188. The number of carbonyl (C=O) groups is 1. The molecule has 0 saturated carbocycles. The van der Waals surface area contributed by atoms with Crippen LogP contribution in [0, 0.1) is 0 Å². The third kappa shape index (κ3) is 3.15. The minimum absolute atomic E-state index is 0.0953. The lowest BCUT2D eigenvalue weighted by molar-refractivity contribution is -0.111. The van der Waals surface area contributed by atoms with Crippen molar-refractivity contribution < 1.29 is 4.79 Å². The summed E-state index contributed by atoms with van der Waals surface area (Å²) in [5.74, 6) is -0.0953. The molecule has 0 saturated heterocycles. The molecule has 2 N–H and O–H groups in total. The van der Waals surface area contributed by atoms with Crippen LogP contribution in [0.3, 0.4) is 0 Å². The summed E-state index contributed by atoms with van der Waals surface area (Å²) in [5, 5.41) is 8.24. The Kier molecular flexibility index (Phi) is 3.95. The number of benzene rings is 1. The van der Waals surface area contributed by atoms with E-state index < -0.39 is 0 Å². The summed E-state index contributed by atoms with van der Waals surface area (Å²) < 4.78 is 0. The molecule has 0 radical (unpaired) electrons. The van der Waals surface area contributed by atoms with Crippen molar-refractivity contribution >= 4 is 29.0 Å². The van der Waals surface area contributed by atoms with E-state index in [9.17, 15) is 4.79 Å². The fourth-order valence-corrected chi connectivity index (χ4v) is 2.90. The minimum atomic E-state index is -0.0953. The zero-order chi connectivity index (χ0) is 13.8. The minimum Gasteiger partial charge on any atom is -0.323 e. The average Bonchev–Trinajstić information content (AvgIpc) is 2.98. The van der Waals surface area contributed by atoms with Gasteiger partial charge in [0.25, 0.3) is 0 Å². The van der Waals surface area contributed by atoms with Crippen LogP contribution in [0.25, 0.3) is 6.08 Å². The highest BCUT2D eigenvalue weighted by molar-refractivity contribution is 7.10. The standard InChI is InChI=1S/C16H16N2OS/c19-16(6-5-15-2-1-9-20-15)18-14-4-3-12-7-8-17-11-13(12)10-14/h1-6,9-10,17H,7-8,11H2,(H,18,19). The number of fused-ring (bicyclic) bond motifs is 1. The van der Waals surface area contributed by atoms with Gasteiger partial charge in [-0.15, -0.1) is 11.3 Å². The van der Waals surface area contributed by atoms with E-state index in [1.54, 1.807) is 17.4 Å². The van der Waals surface area contributed by atoms with Crippen molar-refractivity contribution in [3.8, 4) is 0 Å². The number of anilines is 1. The Labute approximate surface area is 122 Å². The van der Waals surface area contributed by atoms with Crippen molar-refractivity contribution in [2.24, 2.45) is 0 Å². The molecule has 0 fully saturated rings. The summed E-state index contributed by atoms with van der Waals surface area (Å²) in [5.41, 5.74) is 3.50. The number of thiophene rings is 1. The first-order valence-corrected chi connectivity index (χ1v) is 7.54. The molecular formula is C16H16N2OS. The first-order chi connectivity index (χ1) is 9.81. The van der Waals surface area contributed by atoms with Crippen molar-refractivity contribution in [2.45, 2.75) is 13.0 Å². The zero-order valence-electron chi connectivity index (χ0n) is 11.1. The second-order valence-corrected chi connectivity index (χ2v) is 5.73. The van der Waals surface area contributed by atoms with Crippen LogP contribution < -0.4 is 10.6 Å². The van der Waals surface area contributed by atoms with Gasteiger partial charge < -0.3 is 10.6 Å². The molecule has 0 spiro atoms. The highest BCUT2D eigenvalue weighted by Crippen LogP contribution is 2.19. The lowest BCUT2D eigenvalue weighted by Crippen LogP contribution is -2.23. The van der Waals surface area contributed by atoms with E-state index in [4.69, 9.17) is 0 Å². The van der Waals surface area contributed by atoms with Gasteiger partial charge in [-0.25, -0.2) is 0 Å². The average molecular weight is 284 g/mol. The molecule has 2 aromatic rings. The van der Waals surface area contributed by atoms with Gasteiger partial charge in [0.2, 0.25) is 5.91 Å². The maximum atomic E-state index is 11.9. The van der Waals surface area contributed by atoms with E-state index in [0.29, 0.717) is 0 Å². The van der Waals surface area contributed by atoms with E-state index in [2.05, 4.69) is 22.8 Å². The van der Waals surface area contributed by atoms with Crippen LogP contribution in [-0.4, -0.2) is 12.5 Å². The molecular weight excluding hydrogens is 268 g/mol. The first kappa shape index (κ1) is 13.1. The van der Waals surface area contributed by atoms with Crippen molar-refractivity contribution in [1.82, 2.24) is 5.32 Å². The van der Waals surface area contributed by atoms with Gasteiger partial charge in [-0.2, -0.15) is 0 Å². The summed E-state index contributed by atoms with van der Waals surface area (Å²) in [7, 11) is 0. The number of hydrogen-bond acceptors (Lipinski definition) is 3. The molecule has 1 aliphatic heterocycles. The quantitative estimate of drug-likeness (QED) is 0.851. The van der Waals surface area contributed by atoms with E-state index >= 15 is 0 Å². The highest BCUT2D eigenvalue weighted by atomic mass is 32.1. The molecule has 1 amide bonds. The predicted molar refractivity (Wildman–Crippen MR) is 83.8 cm³/mol. The van der Waals surface area contributed by atoms with Crippen molar-refractivity contribution in [3.05, 3.63) is 57.8 Å². The number of rotatable bonds is 3. The molecule has 3 rings (SSSR count). The molecule has 20 heavy (non-hydrogen) atoms. The number of hydrogen-bond donors (Lipinski definition) is 2. The Hall–Kier alpha value is -1.91. The Morgan fingerprint density at radius 2 is 2.25 bits per heavy atom. The third-order valence-electron chi connectivity index (χ3n) is 3.30. The number of nitrogens with one attached hydrogen (secondary N) is 2. The van der Waals surface area contributed by atoms with Crippen LogP contribution in [0.2, 0.25) is 0 Å². The molecule has 1 aromatic heterocycles. The fourth-order valence-electron chi connectivity index (χ4n) is 2.29.